The standard InChI is InChI=1S/C14H16ClN3O2/c1-2-17-6-5-9(7-17)13-16-12(15)11-4-3-10(14(19)20)8-18(11)13/h3-4,8-9H,2,5-7H2,1H3,(H,19,20). The molecule has 1 aliphatic rings. The highest BCUT2D eigenvalue weighted by molar-refractivity contribution is 6.32. The van der Waals surface area contributed by atoms with Crippen LogP contribution in [0.2, 0.25) is 5.15 Å². The molecule has 6 heteroatoms. The van der Waals surface area contributed by atoms with E-state index in [0.717, 1.165) is 37.4 Å². The summed E-state index contributed by atoms with van der Waals surface area (Å²) in [6.45, 7) is 5.16. The van der Waals surface area contributed by atoms with Crippen LogP contribution in [-0.2, 0) is 0 Å². The molecule has 2 aromatic heterocycles. The lowest BCUT2D eigenvalue weighted by atomic mass is 10.1. The first kappa shape index (κ1) is 13.4. The number of aromatic nitrogens is 2. The topological polar surface area (TPSA) is 57.8 Å². The van der Waals surface area contributed by atoms with Crippen molar-refractivity contribution in [3.8, 4) is 0 Å². The summed E-state index contributed by atoms with van der Waals surface area (Å²) >= 11 is 6.17. The first-order valence-corrected chi connectivity index (χ1v) is 7.11. The molecule has 1 atom stereocenters. The van der Waals surface area contributed by atoms with E-state index in [1.54, 1.807) is 18.3 Å². The number of aromatic carboxylic acids is 1. The average Bonchev–Trinajstić information content (AvgIpc) is 3.03. The third-order valence-corrected chi connectivity index (χ3v) is 4.23. The molecule has 0 aliphatic carbocycles. The lowest BCUT2D eigenvalue weighted by Gasteiger charge is -2.12. The van der Waals surface area contributed by atoms with Crippen LogP contribution in [0.1, 0.15) is 35.4 Å². The third kappa shape index (κ3) is 2.17. The van der Waals surface area contributed by atoms with Gasteiger partial charge in [-0.25, -0.2) is 9.78 Å². The molecule has 0 amide bonds. The van der Waals surface area contributed by atoms with Crippen LogP contribution in [0.3, 0.4) is 0 Å². The second-order valence-corrected chi connectivity index (χ2v) is 5.48. The van der Waals surface area contributed by atoms with Gasteiger partial charge in [-0.3, -0.25) is 0 Å². The van der Waals surface area contributed by atoms with Crippen molar-refractivity contribution < 1.29 is 9.90 Å². The van der Waals surface area contributed by atoms with Crippen molar-refractivity contribution in [3.05, 3.63) is 34.9 Å². The Balaban J connectivity index is 2.06. The third-order valence-electron chi connectivity index (χ3n) is 3.95. The second kappa shape index (κ2) is 5.07. The largest absolute Gasteiger partial charge is 0.478 e. The summed E-state index contributed by atoms with van der Waals surface area (Å²) < 4.78 is 1.83. The Hall–Kier alpha value is -1.59. The van der Waals surface area contributed by atoms with Gasteiger partial charge in [0.05, 0.1) is 11.1 Å². The van der Waals surface area contributed by atoms with Crippen LogP contribution in [0.15, 0.2) is 18.3 Å². The molecule has 0 saturated carbocycles. The van der Waals surface area contributed by atoms with Crippen LogP contribution >= 0.6 is 11.6 Å². The highest BCUT2D eigenvalue weighted by Gasteiger charge is 2.27. The molecular weight excluding hydrogens is 278 g/mol. The van der Waals surface area contributed by atoms with Crippen molar-refractivity contribution in [2.24, 2.45) is 0 Å². The summed E-state index contributed by atoms with van der Waals surface area (Å²) in [4.78, 5) is 17.9. The van der Waals surface area contributed by atoms with Crippen LogP contribution < -0.4 is 0 Å². The maximum absolute atomic E-state index is 11.1. The lowest BCUT2D eigenvalue weighted by Crippen LogP contribution is -2.19. The number of carboxylic acid groups (broad SMARTS) is 1. The number of likely N-dealkylation sites (N-methyl/N-ethyl adjacent to an activating group) is 1. The molecule has 0 spiro atoms. The fourth-order valence-corrected chi connectivity index (χ4v) is 3.06. The van der Waals surface area contributed by atoms with Gasteiger partial charge in [0.2, 0.25) is 0 Å². The van der Waals surface area contributed by atoms with Crippen molar-refractivity contribution in [1.29, 1.82) is 0 Å². The first-order chi connectivity index (χ1) is 9.60. The summed E-state index contributed by atoms with van der Waals surface area (Å²) in [5.41, 5.74) is 1.01. The molecule has 2 aromatic rings. The minimum Gasteiger partial charge on any atom is -0.478 e. The van der Waals surface area contributed by atoms with Gasteiger partial charge < -0.3 is 14.4 Å². The van der Waals surface area contributed by atoms with Gasteiger partial charge in [0.15, 0.2) is 5.15 Å². The molecule has 106 valence electrons. The summed E-state index contributed by atoms with van der Waals surface area (Å²) in [6, 6.07) is 3.27. The van der Waals surface area contributed by atoms with Gasteiger partial charge in [0, 0.05) is 18.7 Å². The molecule has 0 aromatic carbocycles. The maximum Gasteiger partial charge on any atom is 0.337 e. The molecular formula is C14H16ClN3O2. The average molecular weight is 294 g/mol. The van der Waals surface area contributed by atoms with Gasteiger partial charge >= 0.3 is 5.97 Å². The Morgan fingerprint density at radius 1 is 1.55 bits per heavy atom. The van der Waals surface area contributed by atoms with Gasteiger partial charge in [0.25, 0.3) is 0 Å². The van der Waals surface area contributed by atoms with Crippen molar-refractivity contribution in [2.45, 2.75) is 19.3 Å². The number of fused-ring (bicyclic) bond motifs is 1. The zero-order valence-corrected chi connectivity index (χ0v) is 12.0. The number of likely N-dealkylation sites (tertiary alicyclic amines) is 1. The Kier molecular flexibility index (Phi) is 3.40. The molecule has 3 rings (SSSR count). The van der Waals surface area contributed by atoms with Crippen LogP contribution in [-0.4, -0.2) is 45.0 Å². The van der Waals surface area contributed by atoms with E-state index in [9.17, 15) is 4.79 Å². The van der Waals surface area contributed by atoms with Crippen LogP contribution in [0.4, 0.5) is 0 Å². The molecule has 1 saturated heterocycles. The molecule has 1 N–H and O–H groups in total. The van der Waals surface area contributed by atoms with Crippen LogP contribution in [0.5, 0.6) is 0 Å². The minimum absolute atomic E-state index is 0.248. The maximum atomic E-state index is 11.1. The first-order valence-electron chi connectivity index (χ1n) is 6.73. The van der Waals surface area contributed by atoms with Gasteiger partial charge in [-0.05, 0) is 31.6 Å². The number of carboxylic acids is 1. The normalized spacial score (nSPS) is 19.8. The zero-order valence-electron chi connectivity index (χ0n) is 11.2. The van der Waals surface area contributed by atoms with Gasteiger partial charge in [0.1, 0.15) is 5.82 Å². The van der Waals surface area contributed by atoms with Gasteiger partial charge in [-0.1, -0.05) is 18.5 Å². The van der Waals surface area contributed by atoms with Crippen LogP contribution in [0.25, 0.3) is 5.52 Å². The van der Waals surface area contributed by atoms with E-state index in [1.807, 2.05) is 4.40 Å². The number of hydrogen-bond acceptors (Lipinski definition) is 3. The fourth-order valence-electron chi connectivity index (χ4n) is 2.82. The van der Waals surface area contributed by atoms with E-state index in [1.165, 1.54) is 0 Å². The van der Waals surface area contributed by atoms with Crippen molar-refractivity contribution in [1.82, 2.24) is 14.3 Å². The molecule has 1 fully saturated rings. The van der Waals surface area contributed by atoms with E-state index in [-0.39, 0.29) is 5.56 Å². The summed E-state index contributed by atoms with van der Waals surface area (Å²) in [5.74, 6) is 0.229. The highest BCUT2D eigenvalue weighted by Crippen LogP contribution is 2.30. The monoisotopic (exact) mass is 293 g/mol. The second-order valence-electron chi connectivity index (χ2n) is 5.12. The van der Waals surface area contributed by atoms with Crippen molar-refractivity contribution in [3.63, 3.8) is 0 Å². The van der Waals surface area contributed by atoms with E-state index in [4.69, 9.17) is 16.7 Å². The Bertz CT molecular complexity index is 668. The molecule has 1 unspecified atom stereocenters. The lowest BCUT2D eigenvalue weighted by molar-refractivity contribution is 0.0696. The molecule has 5 nitrogen and oxygen atoms in total. The molecule has 3 heterocycles. The van der Waals surface area contributed by atoms with Gasteiger partial charge in [-0.15, -0.1) is 0 Å². The van der Waals surface area contributed by atoms with Crippen LogP contribution in [0, 0.1) is 0 Å². The zero-order chi connectivity index (χ0) is 14.3. The summed E-state index contributed by atoms with van der Waals surface area (Å²) in [7, 11) is 0. The molecule has 0 radical (unpaired) electrons. The molecule has 0 bridgehead atoms. The Morgan fingerprint density at radius 3 is 3.00 bits per heavy atom. The number of carbonyl (C=O) groups is 1. The number of halogens is 1. The van der Waals surface area contributed by atoms with E-state index in [0.29, 0.717) is 11.1 Å². The number of pyridine rings is 1. The smallest absolute Gasteiger partial charge is 0.337 e. The molecule has 1 aliphatic heterocycles. The SMILES string of the molecule is CCN1CCC(c2nc(Cl)c3ccc(C(=O)O)cn23)C1. The van der Waals surface area contributed by atoms with E-state index in [2.05, 4.69) is 16.8 Å². The predicted molar refractivity (Wildman–Crippen MR) is 76.6 cm³/mol. The quantitative estimate of drug-likeness (QED) is 0.944. The number of nitrogens with zero attached hydrogens (tertiary/aromatic N) is 3. The molecule has 20 heavy (non-hydrogen) atoms. The van der Waals surface area contributed by atoms with Crippen molar-refractivity contribution >= 4 is 23.1 Å². The minimum atomic E-state index is -0.940. The predicted octanol–water partition coefficient (Wildman–Crippen LogP) is 2.50. The Morgan fingerprint density at radius 2 is 2.35 bits per heavy atom. The van der Waals surface area contributed by atoms with Gasteiger partial charge in [-0.2, -0.15) is 0 Å². The summed E-state index contributed by atoms with van der Waals surface area (Å²) in [5, 5.41) is 9.55. The Labute approximate surface area is 121 Å². The summed E-state index contributed by atoms with van der Waals surface area (Å²) in [6.07, 6.45) is 2.64. The van der Waals surface area contributed by atoms with E-state index >= 15 is 0 Å². The number of hydrogen-bond donors (Lipinski definition) is 1. The number of imidazole rings is 1. The van der Waals surface area contributed by atoms with Crippen molar-refractivity contribution in [2.75, 3.05) is 19.6 Å². The van der Waals surface area contributed by atoms with E-state index < -0.39 is 5.97 Å². The number of rotatable bonds is 3. The highest BCUT2D eigenvalue weighted by atomic mass is 35.5. The fraction of sp³-hybridized carbons (Fsp3) is 0.429.